The second-order valence-electron chi connectivity index (χ2n) is 4.52. The van der Waals surface area contributed by atoms with Gasteiger partial charge in [-0.05, 0) is 36.4 Å². The molecule has 6 heteroatoms. The second kappa shape index (κ2) is 6.45. The van der Waals surface area contributed by atoms with E-state index in [0.29, 0.717) is 17.3 Å². The molecule has 1 N–H and O–H groups in total. The van der Waals surface area contributed by atoms with Gasteiger partial charge >= 0.3 is 6.18 Å². The topological polar surface area (TPSA) is 24.9 Å². The highest BCUT2D eigenvalue weighted by molar-refractivity contribution is 6.30. The van der Waals surface area contributed by atoms with Gasteiger partial charge in [-0.25, -0.2) is 0 Å². The number of hydrogen-bond acceptors (Lipinski definition) is 2. The van der Waals surface area contributed by atoms with Crippen LogP contribution in [0.3, 0.4) is 0 Å². The number of rotatable bonds is 4. The lowest BCUT2D eigenvalue weighted by molar-refractivity contribution is -0.137. The van der Waals surface area contributed by atoms with E-state index in [-0.39, 0.29) is 6.04 Å². The molecule has 0 fully saturated rings. The summed E-state index contributed by atoms with van der Waals surface area (Å²) in [5.74, 6) is 0. The van der Waals surface area contributed by atoms with Crippen LogP contribution in [0.4, 0.5) is 13.2 Å². The summed E-state index contributed by atoms with van der Waals surface area (Å²) in [6, 6.07) is 9.30. The van der Waals surface area contributed by atoms with Crippen LogP contribution in [0.15, 0.2) is 42.6 Å². The first-order valence-corrected chi connectivity index (χ1v) is 6.81. The van der Waals surface area contributed by atoms with Gasteiger partial charge in [0.25, 0.3) is 0 Å². The smallest absolute Gasteiger partial charge is 0.305 e. The number of nitrogens with zero attached hydrogens (tertiary/aromatic N) is 1. The van der Waals surface area contributed by atoms with Crippen LogP contribution >= 0.6 is 11.6 Å². The minimum atomic E-state index is -4.38. The Hall–Kier alpha value is -1.59. The fourth-order valence-corrected chi connectivity index (χ4v) is 2.23. The molecule has 0 amide bonds. The molecule has 1 heterocycles. The molecular formula is C15H14ClF3N2. The van der Waals surface area contributed by atoms with Gasteiger partial charge in [0.1, 0.15) is 0 Å². The molecule has 0 saturated carbocycles. The summed E-state index contributed by atoms with van der Waals surface area (Å²) in [6.07, 6.45) is -3.53. The van der Waals surface area contributed by atoms with Crippen molar-refractivity contribution in [1.29, 1.82) is 0 Å². The molecule has 0 saturated heterocycles. The van der Waals surface area contributed by atoms with Crippen LogP contribution < -0.4 is 5.32 Å². The van der Waals surface area contributed by atoms with Crippen LogP contribution in [0.2, 0.25) is 5.02 Å². The average Bonchev–Trinajstić information content (AvgIpc) is 2.44. The molecule has 0 aliphatic heterocycles. The monoisotopic (exact) mass is 314 g/mol. The molecule has 21 heavy (non-hydrogen) atoms. The molecule has 112 valence electrons. The average molecular weight is 315 g/mol. The minimum Gasteiger partial charge on any atom is -0.305 e. The molecule has 2 aromatic rings. The Labute approximate surface area is 126 Å². The van der Waals surface area contributed by atoms with Crippen LogP contribution in [0, 0.1) is 0 Å². The molecule has 0 bridgehead atoms. The van der Waals surface area contributed by atoms with Crippen molar-refractivity contribution >= 4 is 11.6 Å². The van der Waals surface area contributed by atoms with Crippen molar-refractivity contribution in [2.24, 2.45) is 0 Å². The predicted octanol–water partition coefficient (Wildman–Crippen LogP) is 4.45. The summed E-state index contributed by atoms with van der Waals surface area (Å²) >= 11 is 5.96. The minimum absolute atomic E-state index is 0.295. The van der Waals surface area contributed by atoms with Crippen molar-refractivity contribution in [3.63, 3.8) is 0 Å². The third-order valence-corrected chi connectivity index (χ3v) is 3.23. The van der Waals surface area contributed by atoms with Crippen molar-refractivity contribution in [2.45, 2.75) is 19.1 Å². The van der Waals surface area contributed by atoms with E-state index in [1.807, 2.05) is 13.0 Å². The SMILES string of the molecule is CCNC(c1cccc(Cl)c1)c1ccc(C(F)(F)F)cn1. The van der Waals surface area contributed by atoms with E-state index in [9.17, 15) is 13.2 Å². The Kier molecular flexibility index (Phi) is 4.85. The van der Waals surface area contributed by atoms with Gasteiger partial charge in [-0.3, -0.25) is 4.98 Å². The van der Waals surface area contributed by atoms with Crippen molar-refractivity contribution in [2.75, 3.05) is 6.54 Å². The Morgan fingerprint density at radius 2 is 2.00 bits per heavy atom. The highest BCUT2D eigenvalue weighted by atomic mass is 35.5. The third kappa shape index (κ3) is 3.95. The number of aromatic nitrogens is 1. The fraction of sp³-hybridized carbons (Fsp3) is 0.267. The first kappa shape index (κ1) is 15.8. The lowest BCUT2D eigenvalue weighted by Gasteiger charge is -2.18. The molecule has 1 atom stereocenters. The maximum atomic E-state index is 12.6. The number of halogens is 4. The maximum Gasteiger partial charge on any atom is 0.417 e. The Morgan fingerprint density at radius 3 is 2.52 bits per heavy atom. The lowest BCUT2D eigenvalue weighted by atomic mass is 10.0. The molecule has 2 rings (SSSR count). The van der Waals surface area contributed by atoms with E-state index in [2.05, 4.69) is 10.3 Å². The van der Waals surface area contributed by atoms with E-state index in [1.54, 1.807) is 18.2 Å². The van der Waals surface area contributed by atoms with Gasteiger partial charge in [-0.15, -0.1) is 0 Å². The first-order valence-electron chi connectivity index (χ1n) is 6.44. The van der Waals surface area contributed by atoms with Crippen LogP contribution in [-0.4, -0.2) is 11.5 Å². The van der Waals surface area contributed by atoms with E-state index in [0.717, 1.165) is 17.8 Å². The van der Waals surface area contributed by atoms with Crippen LogP contribution in [-0.2, 0) is 6.18 Å². The number of pyridine rings is 1. The zero-order chi connectivity index (χ0) is 15.5. The first-order chi connectivity index (χ1) is 9.91. The largest absolute Gasteiger partial charge is 0.417 e. The third-order valence-electron chi connectivity index (χ3n) is 3.00. The molecule has 1 unspecified atom stereocenters. The molecular weight excluding hydrogens is 301 g/mol. The number of benzene rings is 1. The fourth-order valence-electron chi connectivity index (χ4n) is 2.03. The highest BCUT2D eigenvalue weighted by Gasteiger charge is 2.31. The Balaban J connectivity index is 2.34. The normalized spacial score (nSPS) is 13.2. The summed E-state index contributed by atoms with van der Waals surface area (Å²) in [5, 5.41) is 3.77. The molecule has 2 nitrogen and oxygen atoms in total. The molecule has 0 spiro atoms. The quantitative estimate of drug-likeness (QED) is 0.901. The number of nitrogens with one attached hydrogen (secondary N) is 1. The van der Waals surface area contributed by atoms with Gasteiger partial charge in [-0.1, -0.05) is 30.7 Å². The second-order valence-corrected chi connectivity index (χ2v) is 4.95. The van der Waals surface area contributed by atoms with Gasteiger partial charge in [0.15, 0.2) is 0 Å². The van der Waals surface area contributed by atoms with Gasteiger partial charge in [0.2, 0.25) is 0 Å². The molecule has 1 aromatic carbocycles. The van der Waals surface area contributed by atoms with Crippen LogP contribution in [0.5, 0.6) is 0 Å². The van der Waals surface area contributed by atoms with Crippen molar-refractivity contribution in [1.82, 2.24) is 10.3 Å². The van der Waals surface area contributed by atoms with Crippen LogP contribution in [0.1, 0.15) is 29.8 Å². The van der Waals surface area contributed by atoms with E-state index in [4.69, 9.17) is 11.6 Å². The van der Waals surface area contributed by atoms with Crippen molar-refractivity contribution in [3.8, 4) is 0 Å². The zero-order valence-corrected chi connectivity index (χ0v) is 12.0. The Morgan fingerprint density at radius 1 is 1.24 bits per heavy atom. The number of alkyl halides is 3. The summed E-state index contributed by atoms with van der Waals surface area (Å²) < 4.78 is 37.7. The van der Waals surface area contributed by atoms with Gasteiger partial charge in [-0.2, -0.15) is 13.2 Å². The van der Waals surface area contributed by atoms with Crippen molar-refractivity contribution in [3.05, 3.63) is 64.4 Å². The molecule has 0 radical (unpaired) electrons. The zero-order valence-electron chi connectivity index (χ0n) is 11.3. The van der Waals surface area contributed by atoms with Gasteiger partial charge in [0, 0.05) is 11.2 Å². The van der Waals surface area contributed by atoms with Crippen molar-refractivity contribution < 1.29 is 13.2 Å². The maximum absolute atomic E-state index is 12.6. The van der Waals surface area contributed by atoms with E-state index in [1.165, 1.54) is 6.07 Å². The predicted molar refractivity (Wildman–Crippen MR) is 76.2 cm³/mol. The van der Waals surface area contributed by atoms with E-state index >= 15 is 0 Å². The summed E-state index contributed by atoms with van der Waals surface area (Å²) in [5.41, 5.74) is 0.622. The standard InChI is InChI=1S/C15H14ClF3N2/c1-2-20-14(10-4-3-5-12(16)8-10)13-7-6-11(9-21-13)15(17,18)19/h3-9,14,20H,2H2,1H3. The number of hydrogen-bond donors (Lipinski definition) is 1. The Bertz CT molecular complexity index is 597. The molecule has 1 aromatic heterocycles. The molecule has 0 aliphatic rings. The summed E-state index contributed by atoms with van der Waals surface area (Å²) in [4.78, 5) is 3.94. The highest BCUT2D eigenvalue weighted by Crippen LogP contribution is 2.30. The summed E-state index contributed by atoms with van der Waals surface area (Å²) in [6.45, 7) is 2.57. The lowest BCUT2D eigenvalue weighted by Crippen LogP contribution is -2.23. The van der Waals surface area contributed by atoms with Gasteiger partial charge < -0.3 is 5.32 Å². The van der Waals surface area contributed by atoms with E-state index < -0.39 is 11.7 Å². The van der Waals surface area contributed by atoms with Crippen LogP contribution in [0.25, 0.3) is 0 Å². The summed E-state index contributed by atoms with van der Waals surface area (Å²) in [7, 11) is 0. The molecule has 0 aliphatic carbocycles. The van der Waals surface area contributed by atoms with Gasteiger partial charge in [0.05, 0.1) is 17.3 Å².